The summed E-state index contributed by atoms with van der Waals surface area (Å²) in [4.78, 5) is 17.4. The Morgan fingerprint density at radius 2 is 1.96 bits per heavy atom. The van der Waals surface area contributed by atoms with Crippen molar-refractivity contribution in [1.82, 2.24) is 4.98 Å². The third-order valence-electron chi connectivity index (χ3n) is 3.20. The van der Waals surface area contributed by atoms with Crippen LogP contribution < -0.4 is 5.32 Å². The predicted octanol–water partition coefficient (Wildman–Crippen LogP) is 5.16. The molecular weight excluding hydrogens is 335 g/mol. The van der Waals surface area contributed by atoms with Gasteiger partial charge in [-0.15, -0.1) is 11.3 Å². The molecule has 1 heterocycles. The fraction of sp³-hybridized carbons (Fsp3) is 0.0588. The molecule has 0 atom stereocenters. The molecule has 0 radical (unpaired) electrons. The lowest BCUT2D eigenvalue weighted by Gasteiger charge is -2.06. The highest BCUT2D eigenvalue weighted by molar-refractivity contribution is 7.17. The smallest absolute Gasteiger partial charge is 0.267 e. The fourth-order valence-corrected chi connectivity index (χ4v) is 3.26. The van der Waals surface area contributed by atoms with E-state index in [0.29, 0.717) is 16.3 Å². The van der Waals surface area contributed by atoms with E-state index in [-0.39, 0.29) is 10.9 Å². The zero-order valence-electron chi connectivity index (χ0n) is 12.1. The Bertz CT molecular complexity index is 864. The molecule has 0 aliphatic rings. The minimum atomic E-state index is -0.451. The molecule has 1 aromatic heterocycles. The van der Waals surface area contributed by atoms with Crippen molar-refractivity contribution in [3.8, 4) is 10.6 Å². The van der Waals surface area contributed by atoms with Crippen molar-refractivity contribution < 1.29 is 9.18 Å². The number of halogens is 2. The number of benzene rings is 2. The van der Waals surface area contributed by atoms with Gasteiger partial charge in [0.15, 0.2) is 0 Å². The maximum Gasteiger partial charge on any atom is 0.267 e. The van der Waals surface area contributed by atoms with Gasteiger partial charge in [-0.3, -0.25) is 4.79 Å². The van der Waals surface area contributed by atoms with Crippen LogP contribution in [0.2, 0.25) is 5.02 Å². The number of carbonyl (C=O) groups is 1. The molecule has 0 bridgehead atoms. The first-order valence-corrected chi connectivity index (χ1v) is 8.03. The zero-order valence-corrected chi connectivity index (χ0v) is 13.7. The van der Waals surface area contributed by atoms with E-state index in [0.717, 1.165) is 16.6 Å². The minimum absolute atomic E-state index is 0.156. The van der Waals surface area contributed by atoms with E-state index in [4.69, 9.17) is 11.6 Å². The van der Waals surface area contributed by atoms with Crippen molar-refractivity contribution in [2.24, 2.45) is 0 Å². The van der Waals surface area contributed by atoms with Gasteiger partial charge in [-0.05, 0) is 25.1 Å². The summed E-state index contributed by atoms with van der Waals surface area (Å²) in [5, 5.41) is 3.62. The van der Waals surface area contributed by atoms with Crippen molar-refractivity contribution in [3.05, 3.63) is 69.9 Å². The van der Waals surface area contributed by atoms with Crippen LogP contribution in [-0.2, 0) is 0 Å². The van der Waals surface area contributed by atoms with Crippen LogP contribution in [0.3, 0.4) is 0 Å². The zero-order chi connectivity index (χ0) is 16.4. The molecule has 0 unspecified atom stereocenters. The molecule has 0 aliphatic heterocycles. The predicted molar refractivity (Wildman–Crippen MR) is 91.7 cm³/mol. The minimum Gasteiger partial charge on any atom is -0.320 e. The Labute approximate surface area is 141 Å². The summed E-state index contributed by atoms with van der Waals surface area (Å²) in [6.07, 6.45) is 0. The van der Waals surface area contributed by atoms with Crippen LogP contribution in [0.15, 0.2) is 48.5 Å². The number of nitrogens with zero attached hydrogens (tertiary/aromatic N) is 1. The Hall–Kier alpha value is -2.24. The van der Waals surface area contributed by atoms with E-state index >= 15 is 0 Å². The molecule has 0 aliphatic carbocycles. The summed E-state index contributed by atoms with van der Waals surface area (Å²) in [5.74, 6) is -0.760. The molecule has 1 N–H and O–H groups in total. The van der Waals surface area contributed by atoms with Crippen LogP contribution >= 0.6 is 22.9 Å². The van der Waals surface area contributed by atoms with Gasteiger partial charge in [0.25, 0.3) is 5.91 Å². The molecule has 1 amide bonds. The first-order valence-electron chi connectivity index (χ1n) is 6.84. The number of aromatic nitrogens is 1. The maximum atomic E-state index is 13.1. The summed E-state index contributed by atoms with van der Waals surface area (Å²) in [6, 6.07) is 13.5. The second-order valence-corrected chi connectivity index (χ2v) is 6.28. The van der Waals surface area contributed by atoms with Crippen LogP contribution in [0.25, 0.3) is 10.6 Å². The summed E-state index contributed by atoms with van der Waals surface area (Å²) in [7, 11) is 0. The molecule has 3 rings (SSSR count). The number of anilines is 1. The Balaban J connectivity index is 1.87. The van der Waals surface area contributed by atoms with Gasteiger partial charge in [0.2, 0.25) is 0 Å². The van der Waals surface area contributed by atoms with Gasteiger partial charge in [-0.25, -0.2) is 9.37 Å². The summed E-state index contributed by atoms with van der Waals surface area (Å²) in [5.41, 5.74) is 1.97. The molecule has 6 heteroatoms. The Kier molecular flexibility index (Phi) is 4.41. The highest BCUT2D eigenvalue weighted by Crippen LogP contribution is 2.29. The van der Waals surface area contributed by atoms with Gasteiger partial charge in [0, 0.05) is 5.56 Å². The number of amides is 1. The number of hydrogen-bond acceptors (Lipinski definition) is 3. The lowest BCUT2D eigenvalue weighted by Crippen LogP contribution is -2.11. The first-order chi connectivity index (χ1) is 11.0. The van der Waals surface area contributed by atoms with Crippen molar-refractivity contribution in [3.63, 3.8) is 0 Å². The van der Waals surface area contributed by atoms with Gasteiger partial charge in [-0.2, -0.15) is 0 Å². The molecule has 116 valence electrons. The number of rotatable bonds is 3. The number of nitrogens with one attached hydrogen (secondary N) is 1. The van der Waals surface area contributed by atoms with Gasteiger partial charge in [-0.1, -0.05) is 41.9 Å². The average molecular weight is 347 g/mol. The fourth-order valence-electron chi connectivity index (χ4n) is 2.08. The van der Waals surface area contributed by atoms with Crippen LogP contribution in [0.1, 0.15) is 15.4 Å². The van der Waals surface area contributed by atoms with Crippen molar-refractivity contribution in [1.29, 1.82) is 0 Å². The largest absolute Gasteiger partial charge is 0.320 e. The van der Waals surface area contributed by atoms with E-state index in [1.165, 1.54) is 23.5 Å². The summed E-state index contributed by atoms with van der Waals surface area (Å²) >= 11 is 7.24. The normalized spacial score (nSPS) is 10.6. The maximum absolute atomic E-state index is 13.1. The highest BCUT2D eigenvalue weighted by Gasteiger charge is 2.17. The van der Waals surface area contributed by atoms with Crippen LogP contribution in [-0.4, -0.2) is 10.9 Å². The van der Waals surface area contributed by atoms with Crippen molar-refractivity contribution >= 4 is 34.5 Å². The third kappa shape index (κ3) is 3.41. The van der Waals surface area contributed by atoms with Gasteiger partial charge in [0.05, 0.1) is 16.4 Å². The second-order valence-electron chi connectivity index (χ2n) is 4.88. The molecule has 0 saturated carbocycles. The number of carbonyl (C=O) groups excluding carboxylic acids is 1. The highest BCUT2D eigenvalue weighted by atomic mass is 35.5. The molecule has 0 fully saturated rings. The van der Waals surface area contributed by atoms with Gasteiger partial charge < -0.3 is 5.32 Å². The summed E-state index contributed by atoms with van der Waals surface area (Å²) in [6.45, 7) is 1.78. The molecule has 3 aromatic rings. The quantitative estimate of drug-likeness (QED) is 0.711. The van der Waals surface area contributed by atoms with Crippen LogP contribution in [0.5, 0.6) is 0 Å². The van der Waals surface area contributed by atoms with E-state index in [1.807, 2.05) is 30.3 Å². The SMILES string of the molecule is Cc1nc(-c2ccccc2)sc1C(=O)Nc1ccc(F)cc1Cl. The third-order valence-corrected chi connectivity index (χ3v) is 4.72. The van der Waals surface area contributed by atoms with Crippen LogP contribution in [0, 0.1) is 12.7 Å². The van der Waals surface area contributed by atoms with Crippen LogP contribution in [0.4, 0.5) is 10.1 Å². The standard InChI is InChI=1S/C17H12ClFN2OS/c1-10-15(23-17(20-10)11-5-3-2-4-6-11)16(22)21-14-8-7-12(19)9-13(14)18/h2-9H,1H3,(H,21,22). The Morgan fingerprint density at radius 1 is 1.22 bits per heavy atom. The molecule has 0 spiro atoms. The van der Waals surface area contributed by atoms with E-state index < -0.39 is 5.82 Å². The topological polar surface area (TPSA) is 42.0 Å². The molecule has 0 saturated heterocycles. The van der Waals surface area contributed by atoms with Gasteiger partial charge in [0.1, 0.15) is 15.7 Å². The summed E-state index contributed by atoms with van der Waals surface area (Å²) < 4.78 is 13.1. The monoisotopic (exact) mass is 346 g/mol. The van der Waals surface area contributed by atoms with E-state index in [9.17, 15) is 9.18 Å². The van der Waals surface area contributed by atoms with E-state index in [2.05, 4.69) is 10.3 Å². The van der Waals surface area contributed by atoms with E-state index in [1.54, 1.807) is 6.92 Å². The number of hydrogen-bond donors (Lipinski definition) is 1. The van der Waals surface area contributed by atoms with Gasteiger partial charge >= 0.3 is 0 Å². The van der Waals surface area contributed by atoms with Crippen molar-refractivity contribution in [2.75, 3.05) is 5.32 Å². The van der Waals surface area contributed by atoms with Crippen molar-refractivity contribution in [2.45, 2.75) is 6.92 Å². The lowest BCUT2D eigenvalue weighted by atomic mass is 10.2. The number of aryl methyl sites for hydroxylation is 1. The Morgan fingerprint density at radius 3 is 2.65 bits per heavy atom. The molecule has 23 heavy (non-hydrogen) atoms. The molecular formula is C17H12ClFN2OS. The second kappa shape index (κ2) is 6.48. The molecule has 3 nitrogen and oxygen atoms in total. The number of thiazole rings is 1. The molecule has 2 aromatic carbocycles. The lowest BCUT2D eigenvalue weighted by molar-refractivity contribution is 0.103. The average Bonchev–Trinajstić information content (AvgIpc) is 2.93. The first kappa shape index (κ1) is 15.6.